The molecule has 0 saturated carbocycles. The van der Waals surface area contributed by atoms with Crippen molar-refractivity contribution in [2.24, 2.45) is 0 Å². The highest BCUT2D eigenvalue weighted by molar-refractivity contribution is 7.92. The second-order valence-electron chi connectivity index (χ2n) is 4.54. The first kappa shape index (κ1) is 15.9. The second-order valence-corrected chi connectivity index (χ2v) is 6.23. The molecule has 2 aromatic carbocycles. The Morgan fingerprint density at radius 1 is 1.09 bits per heavy atom. The lowest BCUT2D eigenvalue weighted by Crippen LogP contribution is -2.16. The van der Waals surface area contributed by atoms with E-state index < -0.39 is 14.9 Å². The molecule has 0 atom stereocenters. The van der Waals surface area contributed by atoms with E-state index in [0.717, 1.165) is 17.7 Å². The Balaban J connectivity index is 2.30. The summed E-state index contributed by atoms with van der Waals surface area (Å²) < 4.78 is 27.2. The fourth-order valence-electron chi connectivity index (χ4n) is 1.92. The molecule has 0 aliphatic rings. The van der Waals surface area contributed by atoms with E-state index in [1.165, 1.54) is 12.1 Å². The zero-order valence-corrected chi connectivity index (χ0v) is 12.6. The van der Waals surface area contributed by atoms with Gasteiger partial charge >= 0.3 is 0 Å². The van der Waals surface area contributed by atoms with Crippen LogP contribution in [0, 0.1) is 10.1 Å². The summed E-state index contributed by atoms with van der Waals surface area (Å²) in [6, 6.07) is 11.8. The van der Waals surface area contributed by atoms with E-state index in [1.54, 1.807) is 19.2 Å². The van der Waals surface area contributed by atoms with Crippen molar-refractivity contribution in [2.75, 3.05) is 11.8 Å². The molecule has 2 aromatic rings. The van der Waals surface area contributed by atoms with Crippen molar-refractivity contribution < 1.29 is 13.3 Å². The maximum atomic E-state index is 12.3. The lowest BCUT2D eigenvalue weighted by Gasteiger charge is -2.12. The molecule has 0 saturated heterocycles. The monoisotopic (exact) mass is 321 g/mol. The Morgan fingerprint density at radius 3 is 2.32 bits per heavy atom. The van der Waals surface area contributed by atoms with Gasteiger partial charge in [-0.25, -0.2) is 8.42 Å². The van der Waals surface area contributed by atoms with Crippen LogP contribution in [0.4, 0.5) is 11.4 Å². The lowest BCUT2D eigenvalue weighted by atomic mass is 10.2. The van der Waals surface area contributed by atoms with Crippen molar-refractivity contribution in [2.45, 2.75) is 11.4 Å². The number of anilines is 1. The minimum absolute atomic E-state index is 0.0302. The molecule has 0 fully saturated rings. The zero-order valence-electron chi connectivity index (χ0n) is 11.8. The summed E-state index contributed by atoms with van der Waals surface area (Å²) >= 11 is 0. The topological polar surface area (TPSA) is 101 Å². The number of nitro groups is 1. The number of nitro benzene ring substituents is 1. The number of non-ortho nitro benzene ring substituents is 1. The molecule has 2 rings (SSSR count). The van der Waals surface area contributed by atoms with Gasteiger partial charge < -0.3 is 5.32 Å². The number of para-hydroxylation sites is 1. The number of nitrogens with one attached hydrogen (secondary N) is 2. The molecule has 8 heteroatoms. The molecule has 0 amide bonds. The molecule has 0 heterocycles. The van der Waals surface area contributed by atoms with Crippen molar-refractivity contribution in [1.29, 1.82) is 0 Å². The maximum Gasteiger partial charge on any atom is 0.269 e. The van der Waals surface area contributed by atoms with Crippen LogP contribution in [0.15, 0.2) is 53.4 Å². The van der Waals surface area contributed by atoms with Gasteiger partial charge in [0.2, 0.25) is 0 Å². The molecule has 2 N–H and O–H groups in total. The Labute approximate surface area is 128 Å². The number of rotatable bonds is 6. The average Bonchev–Trinajstić information content (AvgIpc) is 2.49. The normalized spacial score (nSPS) is 11.1. The third-order valence-electron chi connectivity index (χ3n) is 2.99. The molecular weight excluding hydrogens is 306 g/mol. The highest BCUT2D eigenvalue weighted by Gasteiger charge is 2.17. The molecule has 0 unspecified atom stereocenters. The first-order valence-electron chi connectivity index (χ1n) is 6.44. The Morgan fingerprint density at radius 2 is 1.73 bits per heavy atom. The van der Waals surface area contributed by atoms with Crippen molar-refractivity contribution in [1.82, 2.24) is 5.32 Å². The number of benzene rings is 2. The van der Waals surface area contributed by atoms with E-state index in [9.17, 15) is 18.5 Å². The summed E-state index contributed by atoms with van der Waals surface area (Å²) in [5.41, 5.74) is 1.11. The lowest BCUT2D eigenvalue weighted by molar-refractivity contribution is -0.384. The van der Waals surface area contributed by atoms with Gasteiger partial charge in [-0.1, -0.05) is 18.2 Å². The van der Waals surface area contributed by atoms with Gasteiger partial charge in [-0.3, -0.25) is 14.8 Å². The van der Waals surface area contributed by atoms with Gasteiger partial charge in [-0.05, 0) is 30.8 Å². The molecule has 22 heavy (non-hydrogen) atoms. The summed E-state index contributed by atoms with van der Waals surface area (Å²) in [4.78, 5) is 10.00. The Hall–Kier alpha value is -2.45. The van der Waals surface area contributed by atoms with Crippen molar-refractivity contribution in [3.8, 4) is 0 Å². The molecule has 0 bridgehead atoms. The molecule has 116 valence electrons. The van der Waals surface area contributed by atoms with Crippen molar-refractivity contribution in [3.05, 3.63) is 64.2 Å². The Bertz CT molecular complexity index is 773. The molecule has 0 spiro atoms. The van der Waals surface area contributed by atoms with Crippen LogP contribution >= 0.6 is 0 Å². The predicted molar refractivity (Wildman–Crippen MR) is 83.1 cm³/mol. The van der Waals surface area contributed by atoms with E-state index in [2.05, 4.69) is 10.0 Å². The smallest absolute Gasteiger partial charge is 0.269 e. The highest BCUT2D eigenvalue weighted by atomic mass is 32.2. The highest BCUT2D eigenvalue weighted by Crippen LogP contribution is 2.21. The van der Waals surface area contributed by atoms with E-state index in [4.69, 9.17) is 0 Å². The molecule has 0 aromatic heterocycles. The second kappa shape index (κ2) is 6.54. The first-order valence-corrected chi connectivity index (χ1v) is 7.92. The maximum absolute atomic E-state index is 12.3. The standard InChI is InChI=1S/C14H15N3O4S/c1-15-10-11-4-2-3-5-14(11)16-22(20,21)13-8-6-12(7-9-13)17(18)19/h2-9,15-16H,10H2,1H3. The molecule has 0 radical (unpaired) electrons. The molecule has 7 nitrogen and oxygen atoms in total. The van der Waals surface area contributed by atoms with Gasteiger partial charge in [-0.2, -0.15) is 0 Å². The van der Waals surface area contributed by atoms with Crippen LogP contribution in [-0.2, 0) is 16.6 Å². The SMILES string of the molecule is CNCc1ccccc1NS(=O)(=O)c1ccc([N+](=O)[O-])cc1. The average molecular weight is 321 g/mol. The number of sulfonamides is 1. The van der Waals surface area contributed by atoms with Crippen LogP contribution in [0.2, 0.25) is 0 Å². The van der Waals surface area contributed by atoms with E-state index >= 15 is 0 Å². The van der Waals surface area contributed by atoms with Crippen molar-refractivity contribution >= 4 is 21.4 Å². The number of hydrogen-bond donors (Lipinski definition) is 2. The quantitative estimate of drug-likeness (QED) is 0.627. The van der Waals surface area contributed by atoms with Crippen LogP contribution in [0.1, 0.15) is 5.56 Å². The third-order valence-corrected chi connectivity index (χ3v) is 4.37. The van der Waals surface area contributed by atoms with Crippen LogP contribution in [0.3, 0.4) is 0 Å². The first-order chi connectivity index (χ1) is 10.4. The largest absolute Gasteiger partial charge is 0.316 e. The van der Waals surface area contributed by atoms with E-state index in [1.807, 2.05) is 12.1 Å². The summed E-state index contributed by atoms with van der Waals surface area (Å²) in [5, 5.41) is 13.6. The fourth-order valence-corrected chi connectivity index (χ4v) is 3.02. The predicted octanol–water partition coefficient (Wildman–Crippen LogP) is 2.12. The van der Waals surface area contributed by atoms with Gasteiger partial charge in [0.1, 0.15) is 0 Å². The number of nitrogens with zero attached hydrogens (tertiary/aromatic N) is 1. The van der Waals surface area contributed by atoms with Gasteiger partial charge in [0, 0.05) is 18.7 Å². The van der Waals surface area contributed by atoms with Crippen LogP contribution < -0.4 is 10.0 Å². The van der Waals surface area contributed by atoms with Crippen LogP contribution in [-0.4, -0.2) is 20.4 Å². The summed E-state index contributed by atoms with van der Waals surface area (Å²) in [6.07, 6.45) is 0. The molecular formula is C14H15N3O4S. The zero-order chi connectivity index (χ0) is 16.2. The van der Waals surface area contributed by atoms with E-state index in [0.29, 0.717) is 12.2 Å². The Kier molecular flexibility index (Phi) is 4.74. The number of hydrogen-bond acceptors (Lipinski definition) is 5. The minimum atomic E-state index is -3.80. The summed E-state index contributed by atoms with van der Waals surface area (Å²) in [7, 11) is -2.03. The molecule has 0 aliphatic heterocycles. The third kappa shape index (κ3) is 3.60. The minimum Gasteiger partial charge on any atom is -0.316 e. The van der Waals surface area contributed by atoms with Gasteiger partial charge in [0.05, 0.1) is 15.5 Å². The van der Waals surface area contributed by atoms with Crippen LogP contribution in [0.25, 0.3) is 0 Å². The van der Waals surface area contributed by atoms with E-state index in [-0.39, 0.29) is 10.6 Å². The molecule has 0 aliphatic carbocycles. The summed E-state index contributed by atoms with van der Waals surface area (Å²) in [6.45, 7) is 0.513. The fraction of sp³-hybridized carbons (Fsp3) is 0.143. The van der Waals surface area contributed by atoms with Crippen LogP contribution in [0.5, 0.6) is 0 Å². The summed E-state index contributed by atoms with van der Waals surface area (Å²) in [5.74, 6) is 0. The van der Waals surface area contributed by atoms with Gasteiger partial charge in [-0.15, -0.1) is 0 Å². The van der Waals surface area contributed by atoms with Gasteiger partial charge in [0.25, 0.3) is 15.7 Å². The van der Waals surface area contributed by atoms with Crippen molar-refractivity contribution in [3.63, 3.8) is 0 Å². The van der Waals surface area contributed by atoms with Gasteiger partial charge in [0.15, 0.2) is 0 Å².